The van der Waals surface area contributed by atoms with Gasteiger partial charge in [-0.25, -0.2) is 4.39 Å². The Morgan fingerprint density at radius 1 is 1.00 bits per heavy atom. The third kappa shape index (κ3) is 4.53. The highest BCUT2D eigenvalue weighted by atomic mass is 19.1. The van der Waals surface area contributed by atoms with E-state index in [1.807, 2.05) is 0 Å². The maximum Gasteiger partial charge on any atom is 0.272 e. The van der Waals surface area contributed by atoms with E-state index in [1.54, 1.807) is 56.7 Å². The van der Waals surface area contributed by atoms with E-state index >= 15 is 0 Å². The van der Waals surface area contributed by atoms with Crippen molar-refractivity contribution < 1.29 is 18.7 Å². The molecule has 7 nitrogen and oxygen atoms in total. The monoisotopic (exact) mass is 382 g/mol. The van der Waals surface area contributed by atoms with Crippen LogP contribution < -0.4 is 20.1 Å². The molecular formula is C20H19FN4O3. The number of aromatic nitrogens is 2. The van der Waals surface area contributed by atoms with E-state index in [-0.39, 0.29) is 18.1 Å². The first kappa shape index (κ1) is 19.1. The van der Waals surface area contributed by atoms with Crippen LogP contribution in [0.5, 0.6) is 11.5 Å². The summed E-state index contributed by atoms with van der Waals surface area (Å²) in [7, 11) is 3.11. The maximum absolute atomic E-state index is 13.6. The number of benzene rings is 2. The molecule has 2 aromatic carbocycles. The molecule has 0 saturated heterocycles. The van der Waals surface area contributed by atoms with Crippen LogP contribution in [0.4, 0.5) is 15.9 Å². The van der Waals surface area contributed by atoms with Gasteiger partial charge < -0.3 is 20.1 Å². The van der Waals surface area contributed by atoms with Crippen molar-refractivity contribution in [3.63, 3.8) is 0 Å². The number of nitrogens with zero attached hydrogens (tertiary/aromatic N) is 2. The molecule has 3 aromatic rings. The lowest BCUT2D eigenvalue weighted by molar-refractivity contribution is 0.0944. The molecule has 8 heteroatoms. The second-order valence-corrected chi connectivity index (χ2v) is 5.77. The van der Waals surface area contributed by atoms with Gasteiger partial charge in [0.1, 0.15) is 5.82 Å². The van der Waals surface area contributed by atoms with E-state index < -0.39 is 5.91 Å². The molecule has 1 aromatic heterocycles. The van der Waals surface area contributed by atoms with Crippen LogP contribution in [0.25, 0.3) is 0 Å². The standard InChI is InChI=1S/C20H19FN4O3/c1-27-17-9-7-14(11-18(17)28-2)23-19-10-8-16(24-25-19)20(26)22-12-13-5-3-4-6-15(13)21/h3-11H,12H2,1-2H3,(H,22,26)(H,23,25). The van der Waals surface area contributed by atoms with Crippen LogP contribution in [0, 0.1) is 5.82 Å². The van der Waals surface area contributed by atoms with Crippen LogP contribution in [-0.2, 0) is 6.54 Å². The Balaban J connectivity index is 1.63. The van der Waals surface area contributed by atoms with E-state index in [0.717, 1.165) is 5.69 Å². The number of hydrogen-bond donors (Lipinski definition) is 2. The minimum Gasteiger partial charge on any atom is -0.493 e. The van der Waals surface area contributed by atoms with Gasteiger partial charge in [-0.1, -0.05) is 18.2 Å². The molecule has 0 spiro atoms. The van der Waals surface area contributed by atoms with Gasteiger partial charge in [0.15, 0.2) is 23.0 Å². The molecule has 0 bridgehead atoms. The highest BCUT2D eigenvalue weighted by Gasteiger charge is 2.10. The molecule has 0 atom stereocenters. The molecule has 3 rings (SSSR count). The molecule has 28 heavy (non-hydrogen) atoms. The Bertz CT molecular complexity index is 964. The summed E-state index contributed by atoms with van der Waals surface area (Å²) in [5, 5.41) is 13.6. The van der Waals surface area contributed by atoms with Crippen molar-refractivity contribution in [3.8, 4) is 11.5 Å². The zero-order chi connectivity index (χ0) is 19.9. The molecule has 0 aliphatic heterocycles. The normalized spacial score (nSPS) is 10.2. The summed E-state index contributed by atoms with van der Waals surface area (Å²) >= 11 is 0. The number of carbonyl (C=O) groups is 1. The molecule has 1 amide bonds. The van der Waals surface area contributed by atoms with Crippen molar-refractivity contribution in [2.45, 2.75) is 6.54 Å². The maximum atomic E-state index is 13.6. The summed E-state index contributed by atoms with van der Waals surface area (Å²) in [4.78, 5) is 12.2. The van der Waals surface area contributed by atoms with Crippen molar-refractivity contribution in [2.75, 3.05) is 19.5 Å². The second-order valence-electron chi connectivity index (χ2n) is 5.77. The fourth-order valence-corrected chi connectivity index (χ4v) is 2.49. The quantitative estimate of drug-likeness (QED) is 0.652. The lowest BCUT2D eigenvalue weighted by Crippen LogP contribution is -2.24. The number of halogens is 1. The fourth-order valence-electron chi connectivity index (χ4n) is 2.49. The predicted octanol–water partition coefficient (Wildman–Crippen LogP) is 3.31. The summed E-state index contributed by atoms with van der Waals surface area (Å²) in [6, 6.07) is 14.7. The molecule has 0 fully saturated rings. The number of methoxy groups -OCH3 is 2. The topological polar surface area (TPSA) is 85.4 Å². The zero-order valence-electron chi connectivity index (χ0n) is 15.4. The van der Waals surface area contributed by atoms with E-state index in [1.165, 1.54) is 12.1 Å². The first-order chi connectivity index (χ1) is 13.6. The van der Waals surface area contributed by atoms with Gasteiger partial charge in [-0.2, -0.15) is 0 Å². The minimum absolute atomic E-state index is 0.0683. The molecule has 0 aliphatic carbocycles. The third-order valence-corrected chi connectivity index (χ3v) is 3.95. The number of nitrogens with one attached hydrogen (secondary N) is 2. The molecule has 0 saturated carbocycles. The Hall–Kier alpha value is -3.68. The van der Waals surface area contributed by atoms with Gasteiger partial charge in [0.25, 0.3) is 5.91 Å². The highest BCUT2D eigenvalue weighted by Crippen LogP contribution is 2.30. The first-order valence-electron chi connectivity index (χ1n) is 8.45. The molecule has 2 N–H and O–H groups in total. The molecule has 0 radical (unpaired) electrons. The largest absolute Gasteiger partial charge is 0.493 e. The smallest absolute Gasteiger partial charge is 0.272 e. The Labute approximate surface area is 161 Å². The summed E-state index contributed by atoms with van der Waals surface area (Å²) in [5.74, 6) is 0.834. The molecule has 144 valence electrons. The van der Waals surface area contributed by atoms with Crippen molar-refractivity contribution in [3.05, 3.63) is 71.7 Å². The number of amides is 1. The molecule has 0 unspecified atom stereocenters. The van der Waals surface area contributed by atoms with Crippen molar-refractivity contribution in [1.82, 2.24) is 15.5 Å². The van der Waals surface area contributed by atoms with Crippen molar-refractivity contribution in [2.24, 2.45) is 0 Å². The summed E-state index contributed by atoms with van der Waals surface area (Å²) in [6.45, 7) is 0.0683. The summed E-state index contributed by atoms with van der Waals surface area (Å²) < 4.78 is 24.1. The first-order valence-corrected chi connectivity index (χ1v) is 8.45. The lowest BCUT2D eigenvalue weighted by atomic mass is 10.2. The number of anilines is 2. The average molecular weight is 382 g/mol. The van der Waals surface area contributed by atoms with E-state index in [4.69, 9.17) is 9.47 Å². The molecular weight excluding hydrogens is 363 g/mol. The van der Waals surface area contributed by atoms with Crippen LogP contribution in [-0.4, -0.2) is 30.3 Å². The highest BCUT2D eigenvalue weighted by molar-refractivity contribution is 5.92. The zero-order valence-corrected chi connectivity index (χ0v) is 15.4. The number of ether oxygens (including phenoxy) is 2. The summed E-state index contributed by atoms with van der Waals surface area (Å²) in [6.07, 6.45) is 0. The number of rotatable bonds is 7. The van der Waals surface area contributed by atoms with Crippen LogP contribution in [0.3, 0.4) is 0 Å². The SMILES string of the molecule is COc1ccc(Nc2ccc(C(=O)NCc3ccccc3F)nn2)cc1OC. The van der Waals surface area contributed by atoms with E-state index in [2.05, 4.69) is 20.8 Å². The predicted molar refractivity (Wildman–Crippen MR) is 102 cm³/mol. The molecule has 0 aliphatic rings. The van der Waals surface area contributed by atoms with Gasteiger partial charge >= 0.3 is 0 Å². The van der Waals surface area contributed by atoms with Crippen LogP contribution >= 0.6 is 0 Å². The van der Waals surface area contributed by atoms with Gasteiger partial charge in [-0.15, -0.1) is 10.2 Å². The Morgan fingerprint density at radius 2 is 1.79 bits per heavy atom. The van der Waals surface area contributed by atoms with Crippen molar-refractivity contribution in [1.29, 1.82) is 0 Å². The average Bonchev–Trinajstić information content (AvgIpc) is 2.73. The fraction of sp³-hybridized carbons (Fsp3) is 0.150. The van der Waals surface area contributed by atoms with Gasteiger partial charge in [0, 0.05) is 23.9 Å². The summed E-state index contributed by atoms with van der Waals surface area (Å²) in [5.41, 5.74) is 1.26. The number of carbonyl (C=O) groups excluding carboxylic acids is 1. The van der Waals surface area contributed by atoms with Crippen LogP contribution in [0.15, 0.2) is 54.6 Å². The molecule has 1 heterocycles. The van der Waals surface area contributed by atoms with E-state index in [9.17, 15) is 9.18 Å². The van der Waals surface area contributed by atoms with Crippen molar-refractivity contribution >= 4 is 17.4 Å². The second kappa shape index (κ2) is 8.81. The van der Waals surface area contributed by atoms with Gasteiger partial charge in [-0.05, 0) is 30.3 Å². The minimum atomic E-state index is -0.437. The van der Waals surface area contributed by atoms with Gasteiger partial charge in [0.05, 0.1) is 14.2 Å². The van der Waals surface area contributed by atoms with Crippen LogP contribution in [0.1, 0.15) is 16.1 Å². The Morgan fingerprint density at radius 3 is 2.46 bits per heavy atom. The lowest BCUT2D eigenvalue weighted by Gasteiger charge is -2.11. The van der Waals surface area contributed by atoms with E-state index in [0.29, 0.717) is 22.9 Å². The van der Waals surface area contributed by atoms with Gasteiger partial charge in [0.2, 0.25) is 0 Å². The third-order valence-electron chi connectivity index (χ3n) is 3.95. The number of hydrogen-bond acceptors (Lipinski definition) is 6. The van der Waals surface area contributed by atoms with Gasteiger partial charge in [-0.3, -0.25) is 4.79 Å². The Kier molecular flexibility index (Phi) is 6.01. The van der Waals surface area contributed by atoms with Crippen LogP contribution in [0.2, 0.25) is 0 Å².